The minimum Gasteiger partial charge on any atom is -0.395 e. The molecule has 0 aliphatic carbocycles. The highest BCUT2D eigenvalue weighted by molar-refractivity contribution is 5.59. The fourth-order valence-corrected chi connectivity index (χ4v) is 1.59. The van der Waals surface area contributed by atoms with Crippen LogP contribution in [0.25, 0.3) is 5.69 Å². The number of anilines is 1. The third kappa shape index (κ3) is 1.64. The number of benzene rings is 1. The van der Waals surface area contributed by atoms with Gasteiger partial charge in [-0.2, -0.15) is 0 Å². The summed E-state index contributed by atoms with van der Waals surface area (Å²) in [6.07, 6.45) is 3.86. The van der Waals surface area contributed by atoms with Crippen LogP contribution >= 0.6 is 0 Å². The Morgan fingerprint density at radius 1 is 1.38 bits per heavy atom. The van der Waals surface area contributed by atoms with E-state index in [1.165, 1.54) is 6.07 Å². The Balaban J connectivity index is 2.64. The first-order chi connectivity index (χ1) is 7.63. The van der Waals surface area contributed by atoms with Crippen LogP contribution in [0.15, 0.2) is 24.5 Å². The minimum atomic E-state index is -0.759. The summed E-state index contributed by atoms with van der Waals surface area (Å²) >= 11 is 0. The van der Waals surface area contributed by atoms with Gasteiger partial charge in [0.1, 0.15) is 11.6 Å². The second-order valence-corrected chi connectivity index (χ2v) is 3.39. The Hall–Kier alpha value is -1.91. The van der Waals surface area contributed by atoms with Crippen molar-refractivity contribution in [3.63, 3.8) is 0 Å². The normalized spacial score (nSPS) is 10.7. The van der Waals surface area contributed by atoms with Crippen molar-refractivity contribution in [3.8, 4) is 5.69 Å². The van der Waals surface area contributed by atoms with Gasteiger partial charge < -0.3 is 10.3 Å². The Kier molecular flexibility index (Phi) is 2.60. The number of hydrogen-bond donors (Lipinski definition) is 1. The molecular weight excluding hydrogens is 212 g/mol. The average Bonchev–Trinajstić information content (AvgIpc) is 2.71. The summed E-state index contributed by atoms with van der Waals surface area (Å²) in [4.78, 5) is 4.07. The number of aromatic nitrogens is 2. The van der Waals surface area contributed by atoms with E-state index in [-0.39, 0.29) is 11.4 Å². The van der Waals surface area contributed by atoms with Crippen molar-refractivity contribution < 1.29 is 8.78 Å². The zero-order valence-corrected chi connectivity index (χ0v) is 8.74. The molecule has 84 valence electrons. The highest BCUT2D eigenvalue weighted by Gasteiger charge is 2.12. The Labute approximate surface area is 91.5 Å². The number of aryl methyl sites for hydroxylation is 1. The Morgan fingerprint density at radius 2 is 2.12 bits per heavy atom. The van der Waals surface area contributed by atoms with Crippen molar-refractivity contribution in [1.82, 2.24) is 9.55 Å². The molecule has 0 aliphatic heterocycles. The highest BCUT2D eigenvalue weighted by Crippen LogP contribution is 2.23. The van der Waals surface area contributed by atoms with Crippen LogP contribution in [-0.2, 0) is 6.42 Å². The van der Waals surface area contributed by atoms with Crippen molar-refractivity contribution >= 4 is 5.69 Å². The summed E-state index contributed by atoms with van der Waals surface area (Å²) in [7, 11) is 0. The van der Waals surface area contributed by atoms with Crippen molar-refractivity contribution in [2.75, 3.05) is 5.73 Å². The lowest BCUT2D eigenvalue weighted by molar-refractivity contribution is 0.584. The van der Waals surface area contributed by atoms with Crippen LogP contribution in [0.2, 0.25) is 0 Å². The molecule has 0 radical (unpaired) electrons. The number of nitrogens with two attached hydrogens (primary N) is 1. The molecule has 0 atom stereocenters. The van der Waals surface area contributed by atoms with Crippen molar-refractivity contribution in [2.24, 2.45) is 0 Å². The van der Waals surface area contributed by atoms with E-state index in [0.29, 0.717) is 12.2 Å². The summed E-state index contributed by atoms with van der Waals surface area (Å²) in [6.45, 7) is 1.91. The van der Waals surface area contributed by atoms with Gasteiger partial charge in [0.2, 0.25) is 0 Å². The van der Waals surface area contributed by atoms with E-state index in [2.05, 4.69) is 4.98 Å². The molecule has 0 aliphatic rings. The summed E-state index contributed by atoms with van der Waals surface area (Å²) in [6, 6.07) is 1.96. The molecule has 0 saturated heterocycles. The maximum absolute atomic E-state index is 13.3. The molecule has 0 fully saturated rings. The Bertz CT molecular complexity index is 520. The van der Waals surface area contributed by atoms with E-state index in [1.54, 1.807) is 17.0 Å². The molecule has 3 nitrogen and oxygen atoms in total. The van der Waals surface area contributed by atoms with E-state index in [9.17, 15) is 8.78 Å². The maximum Gasteiger partial charge on any atom is 0.151 e. The molecule has 0 unspecified atom stereocenters. The molecule has 0 saturated carbocycles. The molecule has 1 aromatic heterocycles. The topological polar surface area (TPSA) is 43.8 Å². The quantitative estimate of drug-likeness (QED) is 0.794. The van der Waals surface area contributed by atoms with Crippen LogP contribution in [-0.4, -0.2) is 9.55 Å². The SMILES string of the molecule is CCc1nccn1-c1cc(F)cc(F)c1N. The molecule has 0 spiro atoms. The molecule has 2 rings (SSSR count). The minimum absolute atomic E-state index is 0.0749. The lowest BCUT2D eigenvalue weighted by atomic mass is 10.2. The van der Waals surface area contributed by atoms with Gasteiger partial charge in [-0.15, -0.1) is 0 Å². The maximum atomic E-state index is 13.3. The number of nitrogen functional groups attached to an aromatic ring is 1. The molecule has 2 aromatic rings. The predicted octanol–water partition coefficient (Wildman–Crippen LogP) is 2.30. The molecule has 0 bridgehead atoms. The third-order valence-electron chi connectivity index (χ3n) is 2.37. The average molecular weight is 223 g/mol. The lowest BCUT2D eigenvalue weighted by Gasteiger charge is -2.10. The first-order valence-electron chi connectivity index (χ1n) is 4.90. The van der Waals surface area contributed by atoms with E-state index in [4.69, 9.17) is 5.73 Å². The molecular formula is C11H11F2N3. The van der Waals surface area contributed by atoms with Gasteiger partial charge in [0.25, 0.3) is 0 Å². The van der Waals surface area contributed by atoms with Crippen molar-refractivity contribution in [2.45, 2.75) is 13.3 Å². The summed E-state index contributed by atoms with van der Waals surface area (Å²) in [5.41, 5.74) is 5.79. The fraction of sp³-hybridized carbons (Fsp3) is 0.182. The second kappa shape index (κ2) is 3.92. The monoisotopic (exact) mass is 223 g/mol. The van der Waals surface area contributed by atoms with E-state index in [0.717, 1.165) is 6.07 Å². The number of nitrogens with zero attached hydrogens (tertiary/aromatic N) is 2. The standard InChI is InChI=1S/C11H11F2N3/c1-2-10-15-3-4-16(10)9-6-7(12)5-8(13)11(9)14/h3-6H,2,14H2,1H3. The lowest BCUT2D eigenvalue weighted by Crippen LogP contribution is -2.05. The van der Waals surface area contributed by atoms with Gasteiger partial charge >= 0.3 is 0 Å². The smallest absolute Gasteiger partial charge is 0.151 e. The van der Waals surface area contributed by atoms with Gasteiger partial charge in [-0.1, -0.05) is 6.92 Å². The summed E-state index contributed by atoms with van der Waals surface area (Å²) in [5.74, 6) is -0.708. The van der Waals surface area contributed by atoms with Crippen LogP contribution in [0.1, 0.15) is 12.7 Å². The van der Waals surface area contributed by atoms with Crippen molar-refractivity contribution in [1.29, 1.82) is 0 Å². The number of hydrogen-bond acceptors (Lipinski definition) is 2. The van der Waals surface area contributed by atoms with Gasteiger partial charge in [-0.25, -0.2) is 13.8 Å². The predicted molar refractivity (Wildman–Crippen MR) is 57.3 cm³/mol. The van der Waals surface area contributed by atoms with Gasteiger partial charge in [0.05, 0.1) is 11.4 Å². The number of imidazole rings is 1. The van der Waals surface area contributed by atoms with E-state index >= 15 is 0 Å². The van der Waals surface area contributed by atoms with Crippen LogP contribution in [0.4, 0.5) is 14.5 Å². The third-order valence-corrected chi connectivity index (χ3v) is 2.37. The number of halogens is 2. The largest absolute Gasteiger partial charge is 0.395 e. The highest BCUT2D eigenvalue weighted by atomic mass is 19.1. The molecule has 1 heterocycles. The fourth-order valence-electron chi connectivity index (χ4n) is 1.59. The molecule has 5 heteroatoms. The van der Waals surface area contributed by atoms with Gasteiger partial charge in [0.15, 0.2) is 5.82 Å². The van der Waals surface area contributed by atoms with Crippen LogP contribution in [0.5, 0.6) is 0 Å². The first-order valence-corrected chi connectivity index (χ1v) is 4.90. The van der Waals surface area contributed by atoms with Crippen LogP contribution < -0.4 is 5.73 Å². The van der Waals surface area contributed by atoms with Crippen LogP contribution in [0, 0.1) is 11.6 Å². The molecule has 2 N–H and O–H groups in total. The van der Waals surface area contributed by atoms with E-state index < -0.39 is 11.6 Å². The molecule has 0 amide bonds. The van der Waals surface area contributed by atoms with Gasteiger partial charge in [0, 0.05) is 30.9 Å². The zero-order valence-electron chi connectivity index (χ0n) is 8.74. The number of rotatable bonds is 2. The van der Waals surface area contributed by atoms with Gasteiger partial charge in [-0.05, 0) is 0 Å². The first kappa shape index (κ1) is 10.6. The molecule has 1 aromatic carbocycles. The van der Waals surface area contributed by atoms with E-state index in [1.807, 2.05) is 6.92 Å². The summed E-state index contributed by atoms with van der Waals surface area (Å²) < 4.78 is 28.0. The zero-order chi connectivity index (χ0) is 11.7. The Morgan fingerprint density at radius 3 is 2.81 bits per heavy atom. The second-order valence-electron chi connectivity index (χ2n) is 3.39. The molecule has 16 heavy (non-hydrogen) atoms. The van der Waals surface area contributed by atoms with Gasteiger partial charge in [-0.3, -0.25) is 0 Å². The van der Waals surface area contributed by atoms with Crippen molar-refractivity contribution in [3.05, 3.63) is 42.0 Å². The van der Waals surface area contributed by atoms with Crippen LogP contribution in [0.3, 0.4) is 0 Å². The summed E-state index contributed by atoms with van der Waals surface area (Å²) in [5, 5.41) is 0.